The van der Waals surface area contributed by atoms with Crippen molar-refractivity contribution >= 4 is 5.91 Å². The summed E-state index contributed by atoms with van der Waals surface area (Å²) in [6.07, 6.45) is 1.28. The summed E-state index contributed by atoms with van der Waals surface area (Å²) >= 11 is 0. The fourth-order valence-corrected chi connectivity index (χ4v) is 4.45. The van der Waals surface area contributed by atoms with E-state index in [-0.39, 0.29) is 12.0 Å². The normalized spacial score (nSPS) is 15.1. The molecule has 1 saturated heterocycles. The van der Waals surface area contributed by atoms with E-state index < -0.39 is 0 Å². The number of carbonyl (C=O) groups is 1. The Labute approximate surface area is 209 Å². The SMILES string of the molecule is COc1cccc(C(CN2CCN(C(=O)CCc3ccccc3)CC2)OCc2ccc(C)cc2)c1. The number of methoxy groups -OCH3 is 1. The Kier molecular flexibility index (Phi) is 8.93. The maximum absolute atomic E-state index is 12.7. The summed E-state index contributed by atoms with van der Waals surface area (Å²) in [5.41, 5.74) is 4.73. The molecule has 5 heteroatoms. The van der Waals surface area contributed by atoms with Crippen LogP contribution in [0.2, 0.25) is 0 Å². The summed E-state index contributed by atoms with van der Waals surface area (Å²) < 4.78 is 11.9. The number of carbonyl (C=O) groups excluding carboxylic acids is 1. The number of amides is 1. The molecule has 0 aromatic heterocycles. The highest BCUT2D eigenvalue weighted by Crippen LogP contribution is 2.25. The number of rotatable bonds is 10. The monoisotopic (exact) mass is 472 g/mol. The molecule has 4 rings (SSSR count). The van der Waals surface area contributed by atoms with Gasteiger partial charge in [-0.25, -0.2) is 0 Å². The molecule has 1 aliphatic heterocycles. The lowest BCUT2D eigenvalue weighted by Crippen LogP contribution is -2.49. The first-order valence-electron chi connectivity index (χ1n) is 12.5. The average Bonchev–Trinajstić information content (AvgIpc) is 2.91. The Morgan fingerprint density at radius 3 is 2.34 bits per heavy atom. The standard InChI is InChI=1S/C30H36N2O3/c1-24-11-13-26(14-12-24)23-35-29(27-9-6-10-28(21-27)34-2)22-31-17-19-32(20-18-31)30(33)16-15-25-7-4-3-5-8-25/h3-14,21,29H,15-20,22-23H2,1-2H3. The maximum Gasteiger partial charge on any atom is 0.222 e. The minimum Gasteiger partial charge on any atom is -0.497 e. The van der Waals surface area contributed by atoms with Gasteiger partial charge in [0.1, 0.15) is 5.75 Å². The number of hydrogen-bond acceptors (Lipinski definition) is 4. The van der Waals surface area contributed by atoms with Crippen molar-refractivity contribution in [2.24, 2.45) is 0 Å². The molecule has 0 saturated carbocycles. The molecule has 1 atom stereocenters. The molecule has 1 fully saturated rings. The quantitative estimate of drug-likeness (QED) is 0.415. The van der Waals surface area contributed by atoms with Crippen LogP contribution in [0.1, 0.15) is 34.8 Å². The van der Waals surface area contributed by atoms with Gasteiger partial charge in [0.2, 0.25) is 5.91 Å². The molecule has 184 valence electrons. The van der Waals surface area contributed by atoms with Gasteiger partial charge in [-0.2, -0.15) is 0 Å². The van der Waals surface area contributed by atoms with Crippen molar-refractivity contribution in [2.45, 2.75) is 32.5 Å². The number of hydrogen-bond donors (Lipinski definition) is 0. The predicted molar refractivity (Wildman–Crippen MR) is 139 cm³/mol. The van der Waals surface area contributed by atoms with E-state index in [4.69, 9.17) is 9.47 Å². The van der Waals surface area contributed by atoms with Crippen LogP contribution in [0, 0.1) is 6.92 Å². The van der Waals surface area contributed by atoms with E-state index in [0.717, 1.165) is 56.0 Å². The third-order valence-electron chi connectivity index (χ3n) is 6.66. The van der Waals surface area contributed by atoms with Crippen molar-refractivity contribution in [3.8, 4) is 5.75 Å². The predicted octanol–water partition coefficient (Wildman–Crippen LogP) is 5.04. The molecule has 1 aliphatic rings. The summed E-state index contributed by atoms with van der Waals surface area (Å²) in [6, 6.07) is 26.8. The van der Waals surface area contributed by atoms with Gasteiger partial charge in [0.25, 0.3) is 0 Å². The fourth-order valence-electron chi connectivity index (χ4n) is 4.45. The molecular weight excluding hydrogens is 436 g/mol. The molecule has 0 bridgehead atoms. The van der Waals surface area contributed by atoms with Crippen molar-refractivity contribution in [3.05, 3.63) is 101 Å². The second kappa shape index (κ2) is 12.5. The molecular formula is C30H36N2O3. The van der Waals surface area contributed by atoms with Crippen molar-refractivity contribution in [1.29, 1.82) is 0 Å². The van der Waals surface area contributed by atoms with Gasteiger partial charge in [0.05, 0.1) is 19.8 Å². The first kappa shape index (κ1) is 25.0. The zero-order chi connectivity index (χ0) is 24.5. The Morgan fingerprint density at radius 2 is 1.63 bits per heavy atom. The second-order valence-corrected chi connectivity index (χ2v) is 9.23. The summed E-state index contributed by atoms with van der Waals surface area (Å²) in [5, 5.41) is 0. The van der Waals surface area contributed by atoms with Gasteiger partial charge in [-0.3, -0.25) is 9.69 Å². The van der Waals surface area contributed by atoms with E-state index in [1.807, 2.05) is 35.2 Å². The van der Waals surface area contributed by atoms with E-state index in [0.29, 0.717) is 13.0 Å². The van der Waals surface area contributed by atoms with Gasteiger partial charge in [0.15, 0.2) is 0 Å². The summed E-state index contributed by atoms with van der Waals surface area (Å²) in [5.74, 6) is 1.08. The number of aryl methyl sites for hydroxylation is 2. The summed E-state index contributed by atoms with van der Waals surface area (Å²) in [6.45, 7) is 6.66. The minimum absolute atomic E-state index is 0.0771. The number of nitrogens with zero attached hydrogens (tertiary/aromatic N) is 2. The first-order valence-corrected chi connectivity index (χ1v) is 12.5. The van der Waals surface area contributed by atoms with Crippen molar-refractivity contribution < 1.29 is 14.3 Å². The first-order chi connectivity index (χ1) is 17.1. The van der Waals surface area contributed by atoms with Crippen LogP contribution in [-0.4, -0.2) is 55.5 Å². The molecule has 0 radical (unpaired) electrons. The highest BCUT2D eigenvalue weighted by molar-refractivity contribution is 5.76. The van der Waals surface area contributed by atoms with Crippen LogP contribution in [0.4, 0.5) is 0 Å². The van der Waals surface area contributed by atoms with E-state index >= 15 is 0 Å². The van der Waals surface area contributed by atoms with Crippen LogP contribution in [0.5, 0.6) is 5.75 Å². The Bertz CT molecular complexity index is 1060. The van der Waals surface area contributed by atoms with Crippen LogP contribution >= 0.6 is 0 Å². The van der Waals surface area contributed by atoms with Gasteiger partial charge in [0, 0.05) is 39.1 Å². The summed E-state index contributed by atoms with van der Waals surface area (Å²) in [7, 11) is 1.69. The van der Waals surface area contributed by atoms with Crippen molar-refractivity contribution in [3.63, 3.8) is 0 Å². The van der Waals surface area contributed by atoms with Crippen LogP contribution in [0.15, 0.2) is 78.9 Å². The summed E-state index contributed by atoms with van der Waals surface area (Å²) in [4.78, 5) is 17.2. The van der Waals surface area contributed by atoms with Crippen LogP contribution in [0.3, 0.4) is 0 Å². The smallest absolute Gasteiger partial charge is 0.222 e. The van der Waals surface area contributed by atoms with Crippen LogP contribution in [0.25, 0.3) is 0 Å². The van der Waals surface area contributed by atoms with E-state index in [2.05, 4.69) is 60.4 Å². The van der Waals surface area contributed by atoms with Gasteiger partial charge in [-0.15, -0.1) is 0 Å². The molecule has 1 unspecified atom stereocenters. The highest BCUT2D eigenvalue weighted by atomic mass is 16.5. The molecule has 5 nitrogen and oxygen atoms in total. The van der Waals surface area contributed by atoms with E-state index in [9.17, 15) is 4.79 Å². The number of piperazine rings is 1. The zero-order valence-corrected chi connectivity index (χ0v) is 20.9. The molecule has 0 aliphatic carbocycles. The lowest BCUT2D eigenvalue weighted by atomic mass is 10.1. The van der Waals surface area contributed by atoms with E-state index in [1.54, 1.807) is 7.11 Å². The molecule has 1 amide bonds. The lowest BCUT2D eigenvalue weighted by Gasteiger charge is -2.36. The molecule has 3 aromatic rings. The van der Waals surface area contributed by atoms with Gasteiger partial charge in [-0.05, 0) is 42.2 Å². The minimum atomic E-state index is -0.0771. The molecule has 3 aromatic carbocycles. The molecule has 0 N–H and O–H groups in total. The fraction of sp³-hybridized carbons (Fsp3) is 0.367. The molecule has 1 heterocycles. The Balaban J connectivity index is 1.33. The Morgan fingerprint density at radius 1 is 0.886 bits per heavy atom. The van der Waals surface area contributed by atoms with Crippen molar-refractivity contribution in [1.82, 2.24) is 9.80 Å². The lowest BCUT2D eigenvalue weighted by molar-refractivity contribution is -0.133. The third kappa shape index (κ3) is 7.41. The van der Waals surface area contributed by atoms with Gasteiger partial charge < -0.3 is 14.4 Å². The maximum atomic E-state index is 12.7. The highest BCUT2D eigenvalue weighted by Gasteiger charge is 2.24. The van der Waals surface area contributed by atoms with Gasteiger partial charge >= 0.3 is 0 Å². The molecule has 35 heavy (non-hydrogen) atoms. The number of ether oxygens (including phenoxy) is 2. The topological polar surface area (TPSA) is 42.0 Å². The molecule has 0 spiro atoms. The van der Waals surface area contributed by atoms with Crippen LogP contribution in [-0.2, 0) is 22.6 Å². The van der Waals surface area contributed by atoms with Gasteiger partial charge in [-0.1, -0.05) is 72.3 Å². The van der Waals surface area contributed by atoms with E-state index in [1.165, 1.54) is 11.1 Å². The van der Waals surface area contributed by atoms with Crippen LogP contribution < -0.4 is 4.74 Å². The Hall–Kier alpha value is -3.15. The average molecular weight is 473 g/mol. The second-order valence-electron chi connectivity index (χ2n) is 9.23. The third-order valence-corrected chi connectivity index (χ3v) is 6.66. The largest absolute Gasteiger partial charge is 0.497 e. The zero-order valence-electron chi connectivity index (χ0n) is 20.9. The number of benzene rings is 3. The van der Waals surface area contributed by atoms with Crippen molar-refractivity contribution in [2.75, 3.05) is 39.8 Å².